The van der Waals surface area contributed by atoms with Gasteiger partial charge >= 0.3 is 0 Å². The SMILES string of the molecule is CSCCC1CC(=O)Nc2n[nH]c(-c3cccnc3)c21. The maximum Gasteiger partial charge on any atom is 0.226 e. The summed E-state index contributed by atoms with van der Waals surface area (Å²) in [4.78, 5) is 15.9. The van der Waals surface area contributed by atoms with E-state index in [1.165, 1.54) is 0 Å². The molecule has 1 aliphatic rings. The normalized spacial score (nSPS) is 17.6. The molecule has 0 fully saturated rings. The summed E-state index contributed by atoms with van der Waals surface area (Å²) in [5, 5.41) is 10.1. The molecule has 5 nitrogen and oxygen atoms in total. The molecule has 0 bridgehead atoms. The molecular weight excluding hydrogens is 272 g/mol. The van der Waals surface area contributed by atoms with Gasteiger partial charge < -0.3 is 5.32 Å². The predicted molar refractivity (Wildman–Crippen MR) is 80.8 cm³/mol. The van der Waals surface area contributed by atoms with Gasteiger partial charge in [-0.05, 0) is 36.5 Å². The Bertz CT molecular complexity index is 611. The summed E-state index contributed by atoms with van der Waals surface area (Å²) in [6.07, 6.45) is 7.16. The number of nitrogens with zero attached hydrogens (tertiary/aromatic N) is 2. The van der Waals surface area contributed by atoms with Crippen molar-refractivity contribution in [3.8, 4) is 11.3 Å². The van der Waals surface area contributed by atoms with Crippen LogP contribution >= 0.6 is 11.8 Å². The number of pyridine rings is 1. The van der Waals surface area contributed by atoms with Gasteiger partial charge in [0.25, 0.3) is 0 Å². The highest BCUT2D eigenvalue weighted by Gasteiger charge is 2.30. The van der Waals surface area contributed by atoms with E-state index in [2.05, 4.69) is 26.8 Å². The summed E-state index contributed by atoms with van der Waals surface area (Å²) in [6, 6.07) is 3.91. The third kappa shape index (κ3) is 2.43. The topological polar surface area (TPSA) is 70.7 Å². The van der Waals surface area contributed by atoms with Gasteiger partial charge in [-0.3, -0.25) is 14.9 Å². The number of hydrogen-bond donors (Lipinski definition) is 2. The predicted octanol–water partition coefficient (Wildman–Crippen LogP) is 2.65. The fourth-order valence-corrected chi connectivity index (χ4v) is 3.11. The minimum atomic E-state index is 0.0489. The first-order valence-electron chi connectivity index (χ1n) is 6.57. The van der Waals surface area contributed by atoms with E-state index >= 15 is 0 Å². The minimum absolute atomic E-state index is 0.0489. The van der Waals surface area contributed by atoms with Gasteiger partial charge in [0.15, 0.2) is 5.82 Å². The van der Waals surface area contributed by atoms with Gasteiger partial charge in [-0.1, -0.05) is 0 Å². The van der Waals surface area contributed by atoms with Gasteiger partial charge in [0, 0.05) is 29.9 Å². The molecular formula is C14H16N4OS. The van der Waals surface area contributed by atoms with Crippen LogP contribution in [0.25, 0.3) is 11.3 Å². The summed E-state index contributed by atoms with van der Waals surface area (Å²) >= 11 is 1.80. The molecule has 0 aliphatic carbocycles. The van der Waals surface area contributed by atoms with E-state index in [4.69, 9.17) is 0 Å². The zero-order chi connectivity index (χ0) is 13.9. The molecule has 0 saturated heterocycles. The highest BCUT2D eigenvalue weighted by atomic mass is 32.2. The fraction of sp³-hybridized carbons (Fsp3) is 0.357. The average Bonchev–Trinajstić information content (AvgIpc) is 2.89. The number of carbonyl (C=O) groups excluding carboxylic acids is 1. The Morgan fingerprint density at radius 3 is 3.15 bits per heavy atom. The van der Waals surface area contributed by atoms with Crippen molar-refractivity contribution in [2.45, 2.75) is 18.8 Å². The highest BCUT2D eigenvalue weighted by Crippen LogP contribution is 2.39. The fourth-order valence-electron chi connectivity index (χ4n) is 2.59. The van der Waals surface area contributed by atoms with Crippen molar-refractivity contribution < 1.29 is 4.79 Å². The van der Waals surface area contributed by atoms with E-state index in [-0.39, 0.29) is 11.8 Å². The molecule has 104 valence electrons. The number of amides is 1. The lowest BCUT2D eigenvalue weighted by atomic mass is 9.88. The molecule has 3 heterocycles. The zero-order valence-electron chi connectivity index (χ0n) is 11.2. The smallest absolute Gasteiger partial charge is 0.226 e. The Labute approximate surface area is 121 Å². The van der Waals surface area contributed by atoms with Crippen molar-refractivity contribution in [3.05, 3.63) is 30.1 Å². The monoisotopic (exact) mass is 288 g/mol. The largest absolute Gasteiger partial charge is 0.309 e. The Hall–Kier alpha value is -1.82. The number of hydrogen-bond acceptors (Lipinski definition) is 4. The van der Waals surface area contributed by atoms with Crippen molar-refractivity contribution in [1.82, 2.24) is 15.2 Å². The highest BCUT2D eigenvalue weighted by molar-refractivity contribution is 7.98. The molecule has 1 atom stereocenters. The number of carbonyl (C=O) groups is 1. The van der Waals surface area contributed by atoms with Gasteiger partial charge in [-0.2, -0.15) is 16.9 Å². The molecule has 0 saturated carbocycles. The molecule has 3 rings (SSSR count). The molecule has 1 aliphatic heterocycles. The minimum Gasteiger partial charge on any atom is -0.309 e. The van der Waals surface area contributed by atoms with E-state index in [9.17, 15) is 4.79 Å². The van der Waals surface area contributed by atoms with Gasteiger partial charge in [0.2, 0.25) is 5.91 Å². The molecule has 1 amide bonds. The van der Waals surface area contributed by atoms with E-state index in [0.717, 1.165) is 29.0 Å². The second-order valence-electron chi connectivity index (χ2n) is 4.83. The number of nitrogens with one attached hydrogen (secondary N) is 2. The lowest BCUT2D eigenvalue weighted by molar-refractivity contribution is -0.116. The van der Waals surface area contributed by atoms with Crippen molar-refractivity contribution in [2.75, 3.05) is 17.3 Å². The van der Waals surface area contributed by atoms with Gasteiger partial charge in [0.05, 0.1) is 5.69 Å². The number of aromatic amines is 1. The third-order valence-corrected chi connectivity index (χ3v) is 4.17. The van der Waals surface area contributed by atoms with Crippen LogP contribution in [0.2, 0.25) is 0 Å². The maximum atomic E-state index is 11.8. The Balaban J connectivity index is 2.01. The molecule has 2 N–H and O–H groups in total. The van der Waals surface area contributed by atoms with Crippen molar-refractivity contribution in [3.63, 3.8) is 0 Å². The lowest BCUT2D eigenvalue weighted by Gasteiger charge is -2.22. The van der Waals surface area contributed by atoms with Gasteiger partial charge in [0.1, 0.15) is 0 Å². The Morgan fingerprint density at radius 2 is 2.40 bits per heavy atom. The standard InChI is InChI=1S/C14H16N4OS/c1-20-6-4-9-7-11(19)16-14-12(9)13(17-18-14)10-3-2-5-15-8-10/h2-3,5,8-9H,4,6-7H2,1H3,(H2,16,17,18,19). The van der Waals surface area contributed by atoms with Crippen LogP contribution in [0, 0.1) is 0 Å². The number of fused-ring (bicyclic) bond motifs is 1. The quantitative estimate of drug-likeness (QED) is 0.907. The van der Waals surface area contributed by atoms with Crippen LogP contribution in [-0.2, 0) is 4.79 Å². The van der Waals surface area contributed by atoms with Crippen LogP contribution in [0.15, 0.2) is 24.5 Å². The number of rotatable bonds is 4. The molecule has 6 heteroatoms. The van der Waals surface area contributed by atoms with Crippen LogP contribution in [0.5, 0.6) is 0 Å². The maximum absolute atomic E-state index is 11.8. The molecule has 1 unspecified atom stereocenters. The molecule has 0 aromatic carbocycles. The summed E-state index contributed by atoms with van der Waals surface area (Å²) in [5.41, 5.74) is 3.09. The Kier molecular flexibility index (Phi) is 3.73. The number of anilines is 1. The van der Waals surface area contributed by atoms with Crippen LogP contribution in [-0.4, -0.2) is 33.1 Å². The molecule has 20 heavy (non-hydrogen) atoms. The van der Waals surface area contributed by atoms with Crippen LogP contribution in [0.3, 0.4) is 0 Å². The van der Waals surface area contributed by atoms with E-state index in [1.54, 1.807) is 18.0 Å². The van der Waals surface area contributed by atoms with E-state index < -0.39 is 0 Å². The van der Waals surface area contributed by atoms with Crippen LogP contribution in [0.1, 0.15) is 24.3 Å². The van der Waals surface area contributed by atoms with E-state index in [1.807, 2.05) is 18.3 Å². The van der Waals surface area contributed by atoms with Crippen LogP contribution in [0.4, 0.5) is 5.82 Å². The second-order valence-corrected chi connectivity index (χ2v) is 5.82. The molecule has 2 aromatic heterocycles. The van der Waals surface area contributed by atoms with Crippen molar-refractivity contribution in [2.24, 2.45) is 0 Å². The molecule has 0 spiro atoms. The number of thioether (sulfide) groups is 1. The van der Waals surface area contributed by atoms with Crippen molar-refractivity contribution >= 4 is 23.5 Å². The first-order valence-corrected chi connectivity index (χ1v) is 7.96. The second kappa shape index (κ2) is 5.66. The zero-order valence-corrected chi connectivity index (χ0v) is 12.0. The Morgan fingerprint density at radius 1 is 1.50 bits per heavy atom. The van der Waals surface area contributed by atoms with Crippen LogP contribution < -0.4 is 5.32 Å². The summed E-state index contributed by atoms with van der Waals surface area (Å²) in [7, 11) is 0. The number of H-pyrrole nitrogens is 1. The van der Waals surface area contributed by atoms with Gasteiger partial charge in [-0.25, -0.2) is 0 Å². The van der Waals surface area contributed by atoms with Crippen molar-refractivity contribution in [1.29, 1.82) is 0 Å². The summed E-state index contributed by atoms with van der Waals surface area (Å²) in [6.45, 7) is 0. The van der Waals surface area contributed by atoms with E-state index in [0.29, 0.717) is 12.2 Å². The average molecular weight is 288 g/mol. The summed E-state index contributed by atoms with van der Waals surface area (Å²) in [5.74, 6) is 1.98. The first kappa shape index (κ1) is 13.2. The number of aromatic nitrogens is 3. The molecule has 2 aromatic rings. The summed E-state index contributed by atoms with van der Waals surface area (Å²) < 4.78 is 0. The lowest BCUT2D eigenvalue weighted by Crippen LogP contribution is -2.23. The third-order valence-electron chi connectivity index (χ3n) is 3.52. The molecule has 0 radical (unpaired) electrons. The van der Waals surface area contributed by atoms with Gasteiger partial charge in [-0.15, -0.1) is 0 Å². The first-order chi connectivity index (χ1) is 9.79.